The third-order valence-corrected chi connectivity index (χ3v) is 3.52. The van der Waals surface area contributed by atoms with E-state index in [1.165, 1.54) is 11.5 Å². The first kappa shape index (κ1) is 10.4. The van der Waals surface area contributed by atoms with Crippen molar-refractivity contribution in [3.63, 3.8) is 0 Å². The molecule has 2 aromatic rings. The van der Waals surface area contributed by atoms with Gasteiger partial charge < -0.3 is 5.32 Å². The molecule has 0 fully saturated rings. The molecule has 0 saturated carbocycles. The van der Waals surface area contributed by atoms with E-state index in [9.17, 15) is 0 Å². The summed E-state index contributed by atoms with van der Waals surface area (Å²) in [6.45, 7) is 0. The monoisotopic (exact) mass is 238 g/mol. The molecular formula is C9H10N4S2. The van der Waals surface area contributed by atoms with Gasteiger partial charge in [0, 0.05) is 30.5 Å². The molecule has 4 nitrogen and oxygen atoms in total. The molecule has 6 heteroatoms. The number of hydrogen-bond acceptors (Lipinski definition) is 6. The minimum Gasteiger partial charge on any atom is -0.377 e. The molecule has 0 unspecified atom stereocenters. The summed E-state index contributed by atoms with van der Waals surface area (Å²) in [5.74, 6) is 0.795. The van der Waals surface area contributed by atoms with Gasteiger partial charge in [-0.15, -0.1) is 5.10 Å². The number of anilines is 1. The van der Waals surface area contributed by atoms with E-state index in [0.717, 1.165) is 21.5 Å². The number of nitrogens with one attached hydrogen (secondary N) is 1. The molecule has 2 aromatic heterocycles. The van der Waals surface area contributed by atoms with E-state index < -0.39 is 0 Å². The van der Waals surface area contributed by atoms with Gasteiger partial charge in [0.2, 0.25) is 0 Å². The second kappa shape index (κ2) is 5.09. The van der Waals surface area contributed by atoms with Gasteiger partial charge in [0.1, 0.15) is 10.7 Å². The van der Waals surface area contributed by atoms with Crippen molar-refractivity contribution in [3.05, 3.63) is 30.1 Å². The van der Waals surface area contributed by atoms with E-state index in [4.69, 9.17) is 0 Å². The van der Waals surface area contributed by atoms with Gasteiger partial charge in [0.05, 0.1) is 5.03 Å². The van der Waals surface area contributed by atoms with E-state index >= 15 is 0 Å². The van der Waals surface area contributed by atoms with Crippen LogP contribution in [-0.4, -0.2) is 21.6 Å². The summed E-state index contributed by atoms with van der Waals surface area (Å²) >= 11 is 3.04. The lowest BCUT2D eigenvalue weighted by atomic mass is 10.5. The zero-order valence-electron chi connectivity index (χ0n) is 8.17. The van der Waals surface area contributed by atoms with Crippen LogP contribution in [0.3, 0.4) is 0 Å². The van der Waals surface area contributed by atoms with Gasteiger partial charge in [-0.05, 0) is 12.1 Å². The molecule has 0 aliphatic carbocycles. The van der Waals surface area contributed by atoms with Crippen LogP contribution < -0.4 is 5.32 Å². The number of pyridine rings is 1. The molecule has 0 radical (unpaired) electrons. The molecule has 78 valence electrons. The van der Waals surface area contributed by atoms with Gasteiger partial charge in [-0.25, -0.2) is 4.98 Å². The molecule has 1 N–H and O–H groups in total. The predicted molar refractivity (Wildman–Crippen MR) is 63.3 cm³/mol. The summed E-state index contributed by atoms with van der Waals surface area (Å²) in [7, 11) is 1.88. The number of aromatic nitrogens is 3. The Morgan fingerprint density at radius 3 is 3.13 bits per heavy atom. The quantitative estimate of drug-likeness (QED) is 0.828. The largest absolute Gasteiger partial charge is 0.377 e. The van der Waals surface area contributed by atoms with E-state index in [1.807, 2.05) is 25.2 Å². The van der Waals surface area contributed by atoms with E-state index in [1.54, 1.807) is 18.0 Å². The van der Waals surface area contributed by atoms with Crippen LogP contribution in [0.25, 0.3) is 0 Å². The fourth-order valence-electron chi connectivity index (χ4n) is 1.07. The molecule has 2 heterocycles. The van der Waals surface area contributed by atoms with E-state index in [0.29, 0.717) is 0 Å². The van der Waals surface area contributed by atoms with Crippen LogP contribution in [0, 0.1) is 0 Å². The molecule has 0 amide bonds. The van der Waals surface area contributed by atoms with Gasteiger partial charge in [-0.1, -0.05) is 22.3 Å². The van der Waals surface area contributed by atoms with Crippen LogP contribution in [0.1, 0.15) is 5.69 Å². The van der Waals surface area contributed by atoms with Crippen molar-refractivity contribution in [2.24, 2.45) is 0 Å². The Hall–Kier alpha value is -1.14. The molecule has 0 aliphatic heterocycles. The summed E-state index contributed by atoms with van der Waals surface area (Å²) < 4.78 is 3.90. The fraction of sp³-hybridized carbons (Fsp3) is 0.222. The summed E-state index contributed by atoms with van der Waals surface area (Å²) in [5.41, 5.74) is 0.984. The van der Waals surface area contributed by atoms with E-state index in [2.05, 4.69) is 19.9 Å². The maximum Gasteiger partial charge on any atom is 0.133 e. The van der Waals surface area contributed by atoms with Crippen LogP contribution in [0.4, 0.5) is 5.00 Å². The highest BCUT2D eigenvalue weighted by atomic mass is 32.2. The minimum absolute atomic E-state index is 0.795. The van der Waals surface area contributed by atoms with Crippen molar-refractivity contribution in [2.45, 2.75) is 10.8 Å². The van der Waals surface area contributed by atoms with Crippen LogP contribution in [0.5, 0.6) is 0 Å². The number of thioether (sulfide) groups is 1. The van der Waals surface area contributed by atoms with Crippen LogP contribution in [0.15, 0.2) is 29.4 Å². The van der Waals surface area contributed by atoms with Crippen LogP contribution in [0.2, 0.25) is 0 Å². The van der Waals surface area contributed by atoms with Gasteiger partial charge in [0.25, 0.3) is 0 Å². The van der Waals surface area contributed by atoms with Gasteiger partial charge in [-0.3, -0.25) is 0 Å². The van der Waals surface area contributed by atoms with Crippen molar-refractivity contribution >= 4 is 28.3 Å². The summed E-state index contributed by atoms with van der Waals surface area (Å²) in [6.07, 6.45) is 1.79. The third kappa shape index (κ3) is 2.66. The third-order valence-electron chi connectivity index (χ3n) is 1.78. The minimum atomic E-state index is 0.795. The second-order valence-electron chi connectivity index (χ2n) is 2.76. The molecule has 0 bridgehead atoms. The Morgan fingerprint density at radius 1 is 1.47 bits per heavy atom. The topological polar surface area (TPSA) is 50.7 Å². The average molecular weight is 238 g/mol. The molecule has 0 spiro atoms. The zero-order valence-corrected chi connectivity index (χ0v) is 9.81. The fourth-order valence-corrected chi connectivity index (χ4v) is 2.49. The van der Waals surface area contributed by atoms with Gasteiger partial charge in [-0.2, -0.15) is 0 Å². The Labute approximate surface area is 96.3 Å². The van der Waals surface area contributed by atoms with E-state index in [-0.39, 0.29) is 0 Å². The summed E-state index contributed by atoms with van der Waals surface area (Å²) in [4.78, 5) is 4.23. The van der Waals surface area contributed by atoms with Crippen molar-refractivity contribution < 1.29 is 0 Å². The standard InChI is InChI=1S/C9H10N4S2/c1-10-9-7(12-13-15-9)6-14-8-4-2-3-5-11-8/h2-5,10H,6H2,1H3. The molecule has 2 rings (SSSR count). The zero-order chi connectivity index (χ0) is 10.5. The van der Waals surface area contributed by atoms with Crippen LogP contribution in [-0.2, 0) is 5.75 Å². The maximum atomic E-state index is 4.23. The first-order valence-electron chi connectivity index (χ1n) is 4.43. The molecule has 0 aliphatic rings. The Morgan fingerprint density at radius 2 is 2.40 bits per heavy atom. The molecule has 0 aromatic carbocycles. The summed E-state index contributed by atoms with van der Waals surface area (Å²) in [5, 5.41) is 9.16. The highest BCUT2D eigenvalue weighted by Crippen LogP contribution is 2.25. The lowest BCUT2D eigenvalue weighted by Crippen LogP contribution is -1.91. The lowest BCUT2D eigenvalue weighted by molar-refractivity contribution is 1.07. The highest BCUT2D eigenvalue weighted by molar-refractivity contribution is 7.98. The normalized spacial score (nSPS) is 10.2. The molecule has 15 heavy (non-hydrogen) atoms. The van der Waals surface area contributed by atoms with Crippen molar-refractivity contribution in [2.75, 3.05) is 12.4 Å². The van der Waals surface area contributed by atoms with Gasteiger partial charge >= 0.3 is 0 Å². The summed E-state index contributed by atoms with van der Waals surface area (Å²) in [6, 6.07) is 5.88. The van der Waals surface area contributed by atoms with Crippen LogP contribution >= 0.6 is 23.3 Å². The molecule has 0 atom stereocenters. The molecular weight excluding hydrogens is 228 g/mol. The van der Waals surface area contributed by atoms with Crippen molar-refractivity contribution in [3.8, 4) is 0 Å². The predicted octanol–water partition coefficient (Wildman–Crippen LogP) is 2.27. The number of hydrogen-bond donors (Lipinski definition) is 1. The van der Waals surface area contributed by atoms with Crippen molar-refractivity contribution in [1.29, 1.82) is 0 Å². The first-order chi connectivity index (χ1) is 7.40. The Bertz CT molecular complexity index is 415. The average Bonchev–Trinajstić information content (AvgIpc) is 2.75. The Balaban J connectivity index is 1.99. The van der Waals surface area contributed by atoms with Gasteiger partial charge in [0.15, 0.2) is 0 Å². The SMILES string of the molecule is CNc1snnc1CSc1ccccn1. The number of rotatable bonds is 4. The van der Waals surface area contributed by atoms with Crippen molar-refractivity contribution in [1.82, 2.24) is 14.6 Å². The second-order valence-corrected chi connectivity index (χ2v) is 4.51. The molecule has 0 saturated heterocycles. The highest BCUT2D eigenvalue weighted by Gasteiger charge is 2.06. The smallest absolute Gasteiger partial charge is 0.133 e. The first-order valence-corrected chi connectivity index (χ1v) is 6.19. The maximum absolute atomic E-state index is 4.23. The lowest BCUT2D eigenvalue weighted by Gasteiger charge is -1.99. The number of nitrogens with zero attached hydrogens (tertiary/aromatic N) is 3. The Kier molecular flexibility index (Phi) is 3.52.